The summed E-state index contributed by atoms with van der Waals surface area (Å²) < 4.78 is 45.2. The summed E-state index contributed by atoms with van der Waals surface area (Å²) >= 11 is 0. The van der Waals surface area contributed by atoms with E-state index in [9.17, 15) is 8.42 Å². The Bertz CT molecular complexity index is 761. The maximum Gasteiger partial charge on any atom is 0.339 e. The van der Waals surface area contributed by atoms with E-state index in [4.69, 9.17) is 24.1 Å². The Morgan fingerprint density at radius 2 is 1.39 bits per heavy atom. The minimum absolute atomic E-state index is 0.0135. The molecule has 2 aromatic rings. The molecule has 0 radical (unpaired) electrons. The Kier molecular flexibility index (Phi) is 4.85. The van der Waals surface area contributed by atoms with Crippen LogP contribution in [-0.2, 0) is 10.1 Å². The minimum Gasteiger partial charge on any atom is -0.493 e. The van der Waals surface area contributed by atoms with Gasteiger partial charge in [-0.25, -0.2) is 0 Å². The topological polar surface area (TPSA) is 97.1 Å². The van der Waals surface area contributed by atoms with Crippen LogP contribution >= 0.6 is 0 Å². The summed E-state index contributed by atoms with van der Waals surface area (Å²) in [6, 6.07) is 8.48. The van der Waals surface area contributed by atoms with Crippen LogP contribution in [-0.4, -0.2) is 29.7 Å². The monoisotopic (exact) mass is 339 g/mol. The van der Waals surface area contributed by atoms with E-state index >= 15 is 0 Å². The van der Waals surface area contributed by atoms with E-state index in [1.165, 1.54) is 57.7 Å². The highest BCUT2D eigenvalue weighted by Crippen LogP contribution is 2.41. The molecule has 2 rings (SSSR count). The summed E-state index contributed by atoms with van der Waals surface area (Å²) in [5, 5.41) is 0. The van der Waals surface area contributed by atoms with E-state index < -0.39 is 10.1 Å². The van der Waals surface area contributed by atoms with Crippen LogP contribution in [0.3, 0.4) is 0 Å². The average molecular weight is 339 g/mol. The molecule has 0 atom stereocenters. The first-order chi connectivity index (χ1) is 10.9. The van der Waals surface area contributed by atoms with Crippen LogP contribution in [0.25, 0.3) is 0 Å². The number of hydrogen-bond acceptors (Lipinski definition) is 7. The number of rotatable bonds is 6. The molecule has 0 bridgehead atoms. The molecule has 0 aromatic heterocycles. The van der Waals surface area contributed by atoms with Gasteiger partial charge < -0.3 is 24.1 Å². The van der Waals surface area contributed by atoms with Gasteiger partial charge in [-0.2, -0.15) is 8.42 Å². The van der Waals surface area contributed by atoms with Crippen LogP contribution in [0, 0.1) is 0 Å². The second-order valence-electron chi connectivity index (χ2n) is 4.47. The number of nitrogen functional groups attached to an aromatic ring is 1. The van der Waals surface area contributed by atoms with Gasteiger partial charge in [0.1, 0.15) is 4.90 Å². The molecule has 0 fully saturated rings. The van der Waals surface area contributed by atoms with Gasteiger partial charge in [0.05, 0.1) is 21.3 Å². The fraction of sp³-hybridized carbons (Fsp3) is 0.200. The molecule has 7 nitrogen and oxygen atoms in total. The van der Waals surface area contributed by atoms with Crippen molar-refractivity contribution in [3.63, 3.8) is 0 Å². The SMILES string of the molecule is COc1cc(OS(=O)(=O)c2ccc(N)cc2)cc(OC)c1OC. The Labute approximate surface area is 134 Å². The summed E-state index contributed by atoms with van der Waals surface area (Å²) in [5.41, 5.74) is 6.00. The van der Waals surface area contributed by atoms with Crippen molar-refractivity contribution in [3.05, 3.63) is 36.4 Å². The summed E-state index contributed by atoms with van der Waals surface area (Å²) in [6.07, 6.45) is 0. The van der Waals surface area contributed by atoms with Crippen LogP contribution in [0.1, 0.15) is 0 Å². The molecule has 0 unspecified atom stereocenters. The fourth-order valence-corrected chi connectivity index (χ4v) is 2.83. The number of hydrogen-bond donors (Lipinski definition) is 1. The van der Waals surface area contributed by atoms with Crippen LogP contribution in [0.15, 0.2) is 41.3 Å². The first kappa shape index (κ1) is 16.8. The molecule has 0 saturated heterocycles. The fourth-order valence-electron chi connectivity index (χ4n) is 1.91. The van der Waals surface area contributed by atoms with E-state index in [2.05, 4.69) is 0 Å². The molecule has 2 aromatic carbocycles. The first-order valence-corrected chi connectivity index (χ1v) is 7.92. The van der Waals surface area contributed by atoms with E-state index in [0.717, 1.165) is 0 Å². The van der Waals surface area contributed by atoms with Crippen LogP contribution < -0.4 is 24.1 Å². The Balaban J connectivity index is 2.41. The quantitative estimate of drug-likeness (QED) is 0.635. The standard InChI is InChI=1S/C15H17NO6S/c1-19-13-8-11(9-14(20-2)15(13)21-3)22-23(17,18)12-6-4-10(16)5-7-12/h4-9H,16H2,1-3H3. The smallest absolute Gasteiger partial charge is 0.339 e. The summed E-state index contributed by atoms with van der Waals surface area (Å²) in [5.74, 6) is 0.951. The number of benzene rings is 2. The summed E-state index contributed by atoms with van der Waals surface area (Å²) in [7, 11) is 0.296. The van der Waals surface area contributed by atoms with Gasteiger partial charge in [0.25, 0.3) is 0 Å². The molecular weight excluding hydrogens is 322 g/mol. The third-order valence-corrected chi connectivity index (χ3v) is 4.27. The lowest BCUT2D eigenvalue weighted by atomic mass is 10.2. The maximum absolute atomic E-state index is 12.3. The molecule has 8 heteroatoms. The molecule has 124 valence electrons. The van der Waals surface area contributed by atoms with Gasteiger partial charge in [-0.15, -0.1) is 0 Å². The first-order valence-electron chi connectivity index (χ1n) is 6.51. The summed E-state index contributed by atoms with van der Waals surface area (Å²) in [4.78, 5) is -0.0135. The average Bonchev–Trinajstić information content (AvgIpc) is 2.53. The molecule has 0 heterocycles. The molecule has 0 spiro atoms. The highest BCUT2D eigenvalue weighted by molar-refractivity contribution is 7.87. The van der Waals surface area contributed by atoms with Gasteiger partial charge in [0.2, 0.25) is 5.75 Å². The largest absolute Gasteiger partial charge is 0.493 e. The Morgan fingerprint density at radius 3 is 1.83 bits per heavy atom. The number of anilines is 1. The Hall–Kier alpha value is -2.61. The van der Waals surface area contributed by atoms with Gasteiger partial charge in [0.15, 0.2) is 17.2 Å². The zero-order valence-electron chi connectivity index (χ0n) is 12.9. The van der Waals surface area contributed by atoms with E-state index in [-0.39, 0.29) is 22.1 Å². The third-order valence-electron chi connectivity index (χ3n) is 3.01. The molecular formula is C15H17NO6S. The zero-order valence-corrected chi connectivity index (χ0v) is 13.7. The molecule has 2 N–H and O–H groups in total. The number of ether oxygens (including phenoxy) is 3. The molecule has 0 saturated carbocycles. The van der Waals surface area contributed by atoms with Crippen LogP contribution in [0.5, 0.6) is 23.0 Å². The van der Waals surface area contributed by atoms with Crippen LogP contribution in [0.4, 0.5) is 5.69 Å². The van der Waals surface area contributed by atoms with Crippen LogP contribution in [0.2, 0.25) is 0 Å². The van der Waals surface area contributed by atoms with E-state index in [1.807, 2.05) is 0 Å². The highest BCUT2D eigenvalue weighted by Gasteiger charge is 2.20. The van der Waals surface area contributed by atoms with Crippen molar-refractivity contribution in [3.8, 4) is 23.0 Å². The second-order valence-corrected chi connectivity index (χ2v) is 6.01. The normalized spacial score (nSPS) is 10.9. The molecule has 0 amide bonds. The van der Waals surface area contributed by atoms with Gasteiger partial charge in [-0.05, 0) is 24.3 Å². The second kappa shape index (κ2) is 6.66. The molecule has 0 aliphatic heterocycles. The van der Waals surface area contributed by atoms with Gasteiger partial charge in [0, 0.05) is 17.8 Å². The molecule has 23 heavy (non-hydrogen) atoms. The van der Waals surface area contributed by atoms with Gasteiger partial charge in [-0.3, -0.25) is 0 Å². The van der Waals surface area contributed by atoms with E-state index in [1.54, 1.807) is 0 Å². The van der Waals surface area contributed by atoms with Crippen molar-refractivity contribution in [2.75, 3.05) is 27.1 Å². The van der Waals surface area contributed by atoms with Crippen molar-refractivity contribution >= 4 is 15.8 Å². The Morgan fingerprint density at radius 1 is 0.870 bits per heavy atom. The van der Waals surface area contributed by atoms with E-state index in [0.29, 0.717) is 11.4 Å². The van der Waals surface area contributed by atoms with Crippen molar-refractivity contribution < 1.29 is 26.8 Å². The predicted molar refractivity (Wildman–Crippen MR) is 84.8 cm³/mol. The number of methoxy groups -OCH3 is 3. The summed E-state index contributed by atoms with van der Waals surface area (Å²) in [6.45, 7) is 0. The molecule has 0 aliphatic rings. The van der Waals surface area contributed by atoms with Gasteiger partial charge >= 0.3 is 10.1 Å². The predicted octanol–water partition coefficient (Wildman–Crippen LogP) is 2.06. The lowest BCUT2D eigenvalue weighted by Crippen LogP contribution is -2.10. The number of nitrogens with two attached hydrogens (primary N) is 1. The third kappa shape index (κ3) is 3.59. The van der Waals surface area contributed by atoms with Gasteiger partial charge in [-0.1, -0.05) is 0 Å². The molecule has 0 aliphatic carbocycles. The van der Waals surface area contributed by atoms with Crippen molar-refractivity contribution in [2.24, 2.45) is 0 Å². The van der Waals surface area contributed by atoms with Crippen molar-refractivity contribution in [1.82, 2.24) is 0 Å². The lowest BCUT2D eigenvalue weighted by Gasteiger charge is -2.14. The van der Waals surface area contributed by atoms with Crippen molar-refractivity contribution in [2.45, 2.75) is 4.90 Å². The minimum atomic E-state index is -4.01. The van der Waals surface area contributed by atoms with Crippen molar-refractivity contribution in [1.29, 1.82) is 0 Å². The maximum atomic E-state index is 12.3. The highest BCUT2D eigenvalue weighted by atomic mass is 32.2. The lowest BCUT2D eigenvalue weighted by molar-refractivity contribution is 0.322. The zero-order chi connectivity index (χ0) is 17.0.